The summed E-state index contributed by atoms with van der Waals surface area (Å²) >= 11 is 0. The van der Waals surface area contributed by atoms with Crippen LogP contribution in [0.5, 0.6) is 0 Å². The zero-order valence-corrected chi connectivity index (χ0v) is 11.9. The Labute approximate surface area is 119 Å². The number of nitrogens with one attached hydrogen (secondary N) is 1. The van der Waals surface area contributed by atoms with E-state index in [9.17, 15) is 4.39 Å². The standard InChI is InChI=1S/C16H20FN3/c1-3-9-18-12-14-11-16(8-10-19-14)20(2)15-6-4-13(17)5-7-15/h4-8,10-11,18H,3,9,12H2,1-2H3. The molecule has 2 rings (SSSR count). The van der Waals surface area contributed by atoms with E-state index in [1.807, 2.05) is 24.1 Å². The quantitative estimate of drug-likeness (QED) is 0.817. The zero-order valence-electron chi connectivity index (χ0n) is 11.9. The number of aromatic nitrogens is 1. The molecule has 4 heteroatoms. The first kappa shape index (κ1) is 14.5. The molecule has 0 amide bonds. The minimum absolute atomic E-state index is 0.221. The van der Waals surface area contributed by atoms with Crippen LogP contribution in [-0.4, -0.2) is 18.6 Å². The molecule has 3 nitrogen and oxygen atoms in total. The third-order valence-corrected chi connectivity index (χ3v) is 3.13. The van der Waals surface area contributed by atoms with Gasteiger partial charge in [-0.3, -0.25) is 4.98 Å². The maximum Gasteiger partial charge on any atom is 0.123 e. The third-order valence-electron chi connectivity index (χ3n) is 3.13. The average molecular weight is 273 g/mol. The highest BCUT2D eigenvalue weighted by atomic mass is 19.1. The van der Waals surface area contributed by atoms with E-state index >= 15 is 0 Å². The smallest absolute Gasteiger partial charge is 0.123 e. The Hall–Kier alpha value is -1.94. The highest BCUT2D eigenvalue weighted by molar-refractivity contribution is 5.62. The third kappa shape index (κ3) is 3.78. The summed E-state index contributed by atoms with van der Waals surface area (Å²) in [5.74, 6) is -0.221. The number of anilines is 2. The SMILES string of the molecule is CCCNCc1cc(N(C)c2ccc(F)cc2)ccn1. The maximum absolute atomic E-state index is 13.0. The maximum atomic E-state index is 13.0. The van der Waals surface area contributed by atoms with Crippen molar-refractivity contribution in [2.75, 3.05) is 18.5 Å². The van der Waals surface area contributed by atoms with E-state index < -0.39 is 0 Å². The molecule has 0 spiro atoms. The summed E-state index contributed by atoms with van der Waals surface area (Å²) in [6.45, 7) is 3.89. The normalized spacial score (nSPS) is 10.6. The molecule has 106 valence electrons. The van der Waals surface area contributed by atoms with Crippen LogP contribution in [0.4, 0.5) is 15.8 Å². The van der Waals surface area contributed by atoms with Crippen LogP contribution in [0.25, 0.3) is 0 Å². The van der Waals surface area contributed by atoms with Gasteiger partial charge in [0.1, 0.15) is 5.82 Å². The Morgan fingerprint density at radius 2 is 1.90 bits per heavy atom. The van der Waals surface area contributed by atoms with Crippen molar-refractivity contribution in [3.8, 4) is 0 Å². The Bertz CT molecular complexity index is 540. The van der Waals surface area contributed by atoms with Crippen LogP contribution in [0.15, 0.2) is 42.6 Å². The summed E-state index contributed by atoms with van der Waals surface area (Å²) in [4.78, 5) is 6.37. The van der Waals surface area contributed by atoms with Crippen LogP contribution in [-0.2, 0) is 6.54 Å². The number of pyridine rings is 1. The van der Waals surface area contributed by atoms with Crippen LogP contribution < -0.4 is 10.2 Å². The van der Waals surface area contributed by atoms with Crippen LogP contribution >= 0.6 is 0 Å². The Morgan fingerprint density at radius 1 is 1.15 bits per heavy atom. The van der Waals surface area contributed by atoms with Gasteiger partial charge < -0.3 is 10.2 Å². The minimum atomic E-state index is -0.221. The van der Waals surface area contributed by atoms with Crippen molar-refractivity contribution in [2.45, 2.75) is 19.9 Å². The molecule has 0 fully saturated rings. The molecule has 0 unspecified atom stereocenters. The molecule has 1 N–H and O–H groups in total. The summed E-state index contributed by atoms with van der Waals surface area (Å²) < 4.78 is 13.0. The van der Waals surface area contributed by atoms with Gasteiger partial charge in [0.2, 0.25) is 0 Å². The van der Waals surface area contributed by atoms with Crippen molar-refractivity contribution >= 4 is 11.4 Å². The first-order chi connectivity index (χ1) is 9.70. The van der Waals surface area contributed by atoms with Crippen molar-refractivity contribution in [2.24, 2.45) is 0 Å². The van der Waals surface area contributed by atoms with Gasteiger partial charge in [-0.15, -0.1) is 0 Å². The van der Waals surface area contributed by atoms with Crippen molar-refractivity contribution in [3.05, 3.63) is 54.1 Å². The summed E-state index contributed by atoms with van der Waals surface area (Å²) in [6.07, 6.45) is 2.91. The fourth-order valence-electron chi connectivity index (χ4n) is 1.98. The van der Waals surface area contributed by atoms with Gasteiger partial charge in [-0.25, -0.2) is 4.39 Å². The Kier molecular flexibility index (Phi) is 5.07. The minimum Gasteiger partial charge on any atom is -0.345 e. The molecule has 0 radical (unpaired) electrons. The van der Waals surface area contributed by atoms with Crippen molar-refractivity contribution in [1.29, 1.82) is 0 Å². The largest absolute Gasteiger partial charge is 0.345 e. The van der Waals surface area contributed by atoms with Crippen LogP contribution in [0, 0.1) is 5.82 Å². The number of hydrogen-bond acceptors (Lipinski definition) is 3. The van der Waals surface area contributed by atoms with Gasteiger partial charge in [-0.05, 0) is 49.4 Å². The molecular weight excluding hydrogens is 253 g/mol. The van der Waals surface area contributed by atoms with Gasteiger partial charge in [0.15, 0.2) is 0 Å². The summed E-state index contributed by atoms with van der Waals surface area (Å²) in [6, 6.07) is 10.5. The fourth-order valence-corrected chi connectivity index (χ4v) is 1.98. The lowest BCUT2D eigenvalue weighted by Gasteiger charge is -2.20. The molecule has 1 aromatic carbocycles. The number of hydrogen-bond donors (Lipinski definition) is 1. The molecule has 0 aliphatic heterocycles. The lowest BCUT2D eigenvalue weighted by molar-refractivity contribution is 0.628. The first-order valence-electron chi connectivity index (χ1n) is 6.85. The molecule has 0 saturated heterocycles. The second-order valence-electron chi connectivity index (χ2n) is 4.72. The number of halogens is 1. The van der Waals surface area contributed by atoms with E-state index in [1.165, 1.54) is 12.1 Å². The molecule has 0 saturated carbocycles. The average Bonchev–Trinajstić information content (AvgIpc) is 2.48. The Morgan fingerprint density at radius 3 is 2.60 bits per heavy atom. The van der Waals surface area contributed by atoms with Crippen LogP contribution in [0.2, 0.25) is 0 Å². The van der Waals surface area contributed by atoms with Crippen LogP contribution in [0.1, 0.15) is 19.0 Å². The molecule has 2 aromatic rings. The van der Waals surface area contributed by atoms with Gasteiger partial charge in [0.25, 0.3) is 0 Å². The summed E-state index contributed by atoms with van der Waals surface area (Å²) in [5.41, 5.74) is 3.00. The molecule has 0 aliphatic rings. The van der Waals surface area contributed by atoms with Gasteiger partial charge >= 0.3 is 0 Å². The van der Waals surface area contributed by atoms with E-state index in [1.54, 1.807) is 18.3 Å². The predicted octanol–water partition coefficient (Wildman–Crippen LogP) is 3.49. The van der Waals surface area contributed by atoms with Gasteiger partial charge in [0, 0.05) is 31.2 Å². The molecule has 1 aromatic heterocycles. The van der Waals surface area contributed by atoms with Gasteiger partial charge in [-0.1, -0.05) is 6.92 Å². The highest BCUT2D eigenvalue weighted by Gasteiger charge is 2.05. The fraction of sp³-hybridized carbons (Fsp3) is 0.312. The molecule has 0 aliphatic carbocycles. The lowest BCUT2D eigenvalue weighted by atomic mass is 10.2. The van der Waals surface area contributed by atoms with E-state index in [-0.39, 0.29) is 5.82 Å². The van der Waals surface area contributed by atoms with E-state index in [2.05, 4.69) is 17.2 Å². The predicted molar refractivity (Wildman–Crippen MR) is 80.7 cm³/mol. The summed E-state index contributed by atoms with van der Waals surface area (Å²) in [5, 5.41) is 3.33. The van der Waals surface area contributed by atoms with Gasteiger partial charge in [0.05, 0.1) is 5.69 Å². The molecular formula is C16H20FN3. The lowest BCUT2D eigenvalue weighted by Crippen LogP contribution is -2.16. The number of rotatable bonds is 6. The Balaban J connectivity index is 2.11. The van der Waals surface area contributed by atoms with Crippen molar-refractivity contribution < 1.29 is 4.39 Å². The number of benzene rings is 1. The van der Waals surface area contributed by atoms with E-state index in [0.29, 0.717) is 0 Å². The molecule has 0 atom stereocenters. The summed E-state index contributed by atoms with van der Waals surface area (Å²) in [7, 11) is 1.96. The van der Waals surface area contributed by atoms with Crippen molar-refractivity contribution in [1.82, 2.24) is 10.3 Å². The topological polar surface area (TPSA) is 28.2 Å². The highest BCUT2D eigenvalue weighted by Crippen LogP contribution is 2.23. The molecule has 0 bridgehead atoms. The monoisotopic (exact) mass is 273 g/mol. The second-order valence-corrected chi connectivity index (χ2v) is 4.72. The zero-order chi connectivity index (χ0) is 14.4. The van der Waals surface area contributed by atoms with Crippen molar-refractivity contribution in [3.63, 3.8) is 0 Å². The van der Waals surface area contributed by atoms with Crippen LogP contribution in [0.3, 0.4) is 0 Å². The second kappa shape index (κ2) is 7.01. The van der Waals surface area contributed by atoms with E-state index in [0.717, 1.165) is 36.6 Å². The van der Waals surface area contributed by atoms with Gasteiger partial charge in [-0.2, -0.15) is 0 Å². The molecule has 20 heavy (non-hydrogen) atoms. The van der Waals surface area contributed by atoms with E-state index in [4.69, 9.17) is 0 Å². The molecule has 1 heterocycles. The number of nitrogens with zero attached hydrogens (tertiary/aromatic N) is 2. The first-order valence-corrected chi connectivity index (χ1v) is 6.85.